The van der Waals surface area contributed by atoms with Crippen LogP contribution in [0.5, 0.6) is 5.75 Å². The van der Waals surface area contributed by atoms with E-state index in [1.165, 1.54) is 7.11 Å². The maximum Gasteiger partial charge on any atom is 0.269 e. The summed E-state index contributed by atoms with van der Waals surface area (Å²) in [7, 11) is 1.53. The van der Waals surface area contributed by atoms with E-state index in [2.05, 4.69) is 26.8 Å². The Morgan fingerprint density at radius 2 is 1.90 bits per heavy atom. The van der Waals surface area contributed by atoms with Crippen LogP contribution in [0.2, 0.25) is 0 Å². The number of rotatable bonds is 5. The number of methoxy groups -OCH3 is 1. The second kappa shape index (κ2) is 9.56. The summed E-state index contributed by atoms with van der Waals surface area (Å²) in [5.41, 5.74) is 7.13. The zero-order valence-electron chi connectivity index (χ0n) is 16.0. The number of carbonyl (C=O) groups excluding carboxylic acids is 3. The van der Waals surface area contributed by atoms with E-state index in [0.29, 0.717) is 22.3 Å². The summed E-state index contributed by atoms with van der Waals surface area (Å²) in [5, 5.41) is 0. The van der Waals surface area contributed by atoms with Crippen molar-refractivity contribution in [1.82, 2.24) is 10.9 Å². The van der Waals surface area contributed by atoms with Crippen LogP contribution in [-0.2, 0) is 16.0 Å². The maximum atomic E-state index is 12.6. The highest BCUT2D eigenvalue weighted by Crippen LogP contribution is 2.27. The Hall–Kier alpha value is -2.87. The van der Waals surface area contributed by atoms with Gasteiger partial charge < -0.3 is 9.64 Å². The first kappa shape index (κ1) is 20.9. The summed E-state index contributed by atoms with van der Waals surface area (Å²) in [6, 6.07) is 12.7. The predicted octanol–water partition coefficient (Wildman–Crippen LogP) is 2.98. The van der Waals surface area contributed by atoms with Crippen molar-refractivity contribution in [1.29, 1.82) is 0 Å². The first-order valence-electron chi connectivity index (χ1n) is 9.30. The zero-order chi connectivity index (χ0) is 20.8. The number of nitrogens with one attached hydrogen (secondary N) is 2. The first-order chi connectivity index (χ1) is 14.0. The number of fused-ring (bicyclic) bond motifs is 1. The van der Waals surface area contributed by atoms with Crippen molar-refractivity contribution in [3.8, 4) is 5.75 Å². The molecule has 152 valence electrons. The van der Waals surface area contributed by atoms with Gasteiger partial charge in [-0.2, -0.15) is 0 Å². The molecule has 2 aromatic carbocycles. The standard InChI is InChI=1S/C21H22BrN3O4/c1-29-18-9-8-15(13-16(18)22)21(28)24-23-19(26)10-11-20(27)25-12-4-6-14-5-2-3-7-17(14)25/h2-3,5,7-9,13H,4,6,10-12H2,1H3,(H,23,26)(H,24,28). The Morgan fingerprint density at radius 1 is 1.10 bits per heavy atom. The highest BCUT2D eigenvalue weighted by Gasteiger charge is 2.22. The smallest absolute Gasteiger partial charge is 0.269 e. The van der Waals surface area contributed by atoms with Gasteiger partial charge in [-0.3, -0.25) is 25.2 Å². The topological polar surface area (TPSA) is 87.7 Å². The van der Waals surface area contributed by atoms with E-state index in [1.807, 2.05) is 24.3 Å². The number of hydrogen-bond acceptors (Lipinski definition) is 4. The largest absolute Gasteiger partial charge is 0.496 e. The van der Waals surface area contributed by atoms with Crippen LogP contribution in [0.3, 0.4) is 0 Å². The molecular formula is C21H22BrN3O4. The molecule has 0 bridgehead atoms. The van der Waals surface area contributed by atoms with Gasteiger partial charge in [-0.05, 0) is 58.6 Å². The van der Waals surface area contributed by atoms with Crippen LogP contribution >= 0.6 is 15.9 Å². The number of hydrazine groups is 1. The number of aryl methyl sites for hydroxylation is 1. The Labute approximate surface area is 177 Å². The molecule has 2 aromatic rings. The van der Waals surface area contributed by atoms with Gasteiger partial charge in [0.15, 0.2) is 0 Å². The van der Waals surface area contributed by atoms with Gasteiger partial charge in [0.1, 0.15) is 5.75 Å². The van der Waals surface area contributed by atoms with Crippen LogP contribution in [0.15, 0.2) is 46.9 Å². The molecule has 0 fully saturated rings. The average Bonchev–Trinajstić information content (AvgIpc) is 2.75. The lowest BCUT2D eigenvalue weighted by Crippen LogP contribution is -2.42. The fourth-order valence-corrected chi connectivity index (χ4v) is 3.76. The molecule has 0 atom stereocenters. The van der Waals surface area contributed by atoms with E-state index in [4.69, 9.17) is 4.74 Å². The molecule has 0 aromatic heterocycles. The average molecular weight is 460 g/mol. The number of halogens is 1. The Balaban J connectivity index is 1.48. The van der Waals surface area contributed by atoms with Crippen LogP contribution in [0.4, 0.5) is 5.69 Å². The zero-order valence-corrected chi connectivity index (χ0v) is 17.6. The fourth-order valence-electron chi connectivity index (χ4n) is 3.22. The number of carbonyl (C=O) groups is 3. The number of anilines is 1. The predicted molar refractivity (Wildman–Crippen MR) is 113 cm³/mol. The monoisotopic (exact) mass is 459 g/mol. The van der Waals surface area contributed by atoms with Gasteiger partial charge in [0.2, 0.25) is 11.8 Å². The SMILES string of the molecule is COc1ccc(C(=O)NNC(=O)CCC(=O)N2CCCc3ccccc32)cc1Br. The molecule has 3 amide bonds. The number of amides is 3. The summed E-state index contributed by atoms with van der Waals surface area (Å²) in [5.74, 6) is -0.386. The molecule has 2 N–H and O–H groups in total. The van der Waals surface area contributed by atoms with Crippen molar-refractivity contribution in [3.05, 3.63) is 58.1 Å². The molecule has 1 aliphatic heterocycles. The number of hydrogen-bond donors (Lipinski definition) is 2. The molecule has 29 heavy (non-hydrogen) atoms. The van der Waals surface area contributed by atoms with Gasteiger partial charge in [-0.1, -0.05) is 18.2 Å². The molecule has 1 heterocycles. The van der Waals surface area contributed by atoms with E-state index in [1.54, 1.807) is 23.1 Å². The molecule has 0 saturated heterocycles. The Morgan fingerprint density at radius 3 is 2.66 bits per heavy atom. The summed E-state index contributed by atoms with van der Waals surface area (Å²) in [6.07, 6.45) is 1.92. The summed E-state index contributed by atoms with van der Waals surface area (Å²) < 4.78 is 5.75. The second-order valence-electron chi connectivity index (χ2n) is 6.63. The first-order valence-corrected chi connectivity index (χ1v) is 10.1. The van der Waals surface area contributed by atoms with Gasteiger partial charge in [0, 0.05) is 30.6 Å². The molecule has 0 spiro atoms. The lowest BCUT2D eigenvalue weighted by molar-refractivity contribution is -0.125. The molecule has 3 rings (SSSR count). The Bertz CT molecular complexity index is 932. The van der Waals surface area contributed by atoms with Gasteiger partial charge in [0.25, 0.3) is 5.91 Å². The van der Waals surface area contributed by atoms with Crippen molar-refractivity contribution in [2.45, 2.75) is 25.7 Å². The van der Waals surface area contributed by atoms with Crippen LogP contribution in [0, 0.1) is 0 Å². The normalized spacial score (nSPS) is 12.7. The van der Waals surface area contributed by atoms with Crippen molar-refractivity contribution in [2.24, 2.45) is 0 Å². The quantitative estimate of drug-likeness (QED) is 0.672. The Kier molecular flexibility index (Phi) is 6.87. The molecule has 1 aliphatic rings. The fraction of sp³-hybridized carbons (Fsp3) is 0.286. The minimum atomic E-state index is -0.460. The minimum absolute atomic E-state index is 0.00983. The third kappa shape index (κ3) is 5.14. The molecule has 0 radical (unpaired) electrons. The van der Waals surface area contributed by atoms with Crippen LogP contribution < -0.4 is 20.5 Å². The van der Waals surface area contributed by atoms with E-state index in [-0.39, 0.29) is 18.7 Å². The van der Waals surface area contributed by atoms with Crippen LogP contribution in [0.1, 0.15) is 35.2 Å². The van der Waals surface area contributed by atoms with Gasteiger partial charge in [-0.15, -0.1) is 0 Å². The highest BCUT2D eigenvalue weighted by molar-refractivity contribution is 9.10. The van der Waals surface area contributed by atoms with Crippen molar-refractivity contribution >= 4 is 39.3 Å². The van der Waals surface area contributed by atoms with E-state index >= 15 is 0 Å². The van der Waals surface area contributed by atoms with E-state index < -0.39 is 11.8 Å². The summed E-state index contributed by atoms with van der Waals surface area (Å²) >= 11 is 3.31. The summed E-state index contributed by atoms with van der Waals surface area (Å²) in [4.78, 5) is 38.5. The maximum absolute atomic E-state index is 12.6. The lowest BCUT2D eigenvalue weighted by Gasteiger charge is -2.29. The van der Waals surface area contributed by atoms with E-state index in [9.17, 15) is 14.4 Å². The molecule has 8 heteroatoms. The second-order valence-corrected chi connectivity index (χ2v) is 7.48. The number of benzene rings is 2. The third-order valence-corrected chi connectivity index (χ3v) is 5.33. The van der Waals surface area contributed by atoms with Crippen molar-refractivity contribution in [3.63, 3.8) is 0 Å². The van der Waals surface area contributed by atoms with Crippen LogP contribution in [0.25, 0.3) is 0 Å². The van der Waals surface area contributed by atoms with Gasteiger partial charge in [0.05, 0.1) is 11.6 Å². The van der Waals surface area contributed by atoms with Gasteiger partial charge >= 0.3 is 0 Å². The highest BCUT2D eigenvalue weighted by atomic mass is 79.9. The third-order valence-electron chi connectivity index (χ3n) is 4.71. The summed E-state index contributed by atoms with van der Waals surface area (Å²) in [6.45, 7) is 0.653. The van der Waals surface area contributed by atoms with E-state index in [0.717, 1.165) is 24.1 Å². The number of para-hydroxylation sites is 1. The van der Waals surface area contributed by atoms with Crippen molar-refractivity contribution in [2.75, 3.05) is 18.6 Å². The van der Waals surface area contributed by atoms with Crippen LogP contribution in [-0.4, -0.2) is 31.4 Å². The molecule has 0 saturated carbocycles. The molecular weight excluding hydrogens is 438 g/mol. The number of ether oxygens (including phenoxy) is 1. The number of nitrogens with zero attached hydrogens (tertiary/aromatic N) is 1. The molecule has 0 unspecified atom stereocenters. The van der Waals surface area contributed by atoms with Gasteiger partial charge in [-0.25, -0.2) is 0 Å². The molecule has 0 aliphatic carbocycles. The molecule has 7 nitrogen and oxygen atoms in total. The van der Waals surface area contributed by atoms with Crippen molar-refractivity contribution < 1.29 is 19.1 Å². The minimum Gasteiger partial charge on any atom is -0.496 e. The lowest BCUT2D eigenvalue weighted by atomic mass is 10.0.